The van der Waals surface area contributed by atoms with Crippen molar-refractivity contribution in [3.8, 4) is 17.9 Å². The van der Waals surface area contributed by atoms with Crippen molar-refractivity contribution in [1.29, 1.82) is 5.26 Å². The second-order valence-electron chi connectivity index (χ2n) is 5.04. The van der Waals surface area contributed by atoms with Gasteiger partial charge < -0.3 is 10.4 Å². The molecular formula is C16H16ClN5O. The Balaban J connectivity index is 2.26. The Bertz CT molecular complexity index is 795. The summed E-state index contributed by atoms with van der Waals surface area (Å²) in [7, 11) is 1.74. The first kappa shape index (κ1) is 16.8. The molecule has 7 heteroatoms. The number of hydrogen-bond donors (Lipinski definition) is 2. The Kier molecular flexibility index (Phi) is 5.59. The number of aryl methyl sites for hydroxylation is 1. The Morgan fingerprint density at radius 2 is 2.17 bits per heavy atom. The van der Waals surface area contributed by atoms with Crippen LogP contribution in [0.15, 0.2) is 18.5 Å². The van der Waals surface area contributed by atoms with E-state index in [1.165, 1.54) is 0 Å². The lowest BCUT2D eigenvalue weighted by Crippen LogP contribution is -2.10. The van der Waals surface area contributed by atoms with Gasteiger partial charge in [0.15, 0.2) is 5.69 Å². The van der Waals surface area contributed by atoms with Crippen molar-refractivity contribution in [2.45, 2.75) is 19.4 Å². The summed E-state index contributed by atoms with van der Waals surface area (Å²) < 4.78 is 1.55. The van der Waals surface area contributed by atoms with Crippen LogP contribution in [-0.2, 0) is 7.05 Å². The maximum Gasteiger partial charge on any atom is 0.178 e. The third-order valence-electron chi connectivity index (χ3n) is 3.01. The molecule has 2 rings (SSSR count). The van der Waals surface area contributed by atoms with E-state index in [0.29, 0.717) is 29.2 Å². The molecule has 2 aromatic rings. The van der Waals surface area contributed by atoms with Crippen LogP contribution < -0.4 is 5.32 Å². The van der Waals surface area contributed by atoms with Crippen molar-refractivity contribution in [2.24, 2.45) is 7.05 Å². The number of nitrogens with zero attached hydrogens (tertiary/aromatic N) is 4. The van der Waals surface area contributed by atoms with Gasteiger partial charge in [0.2, 0.25) is 0 Å². The minimum atomic E-state index is -0.386. The topological polar surface area (TPSA) is 86.8 Å². The minimum Gasteiger partial charge on any atom is -0.393 e. The summed E-state index contributed by atoms with van der Waals surface area (Å²) in [5.41, 5.74) is 2.23. The summed E-state index contributed by atoms with van der Waals surface area (Å²) in [4.78, 5) is 4.03. The molecule has 0 saturated heterocycles. The molecular weight excluding hydrogens is 314 g/mol. The molecule has 0 radical (unpaired) electrons. The standard InChI is InChI=1S/C16H16ClN5O/c1-11(23)5-6-19-14-7-16(17)20-9-12(14)3-4-13-10-22(2)21-15(13)8-18/h7,9-11,23H,5-6H2,1-2H3,(H,19,20)/t11-/m0/s1. The number of aromatic nitrogens is 3. The number of rotatable bonds is 4. The molecule has 0 spiro atoms. The molecule has 2 N–H and O–H groups in total. The molecule has 0 aromatic carbocycles. The molecule has 0 aliphatic carbocycles. The van der Waals surface area contributed by atoms with Crippen molar-refractivity contribution in [3.63, 3.8) is 0 Å². The fraction of sp³-hybridized carbons (Fsp3) is 0.312. The van der Waals surface area contributed by atoms with Crippen LogP contribution in [0.25, 0.3) is 0 Å². The van der Waals surface area contributed by atoms with E-state index in [4.69, 9.17) is 16.9 Å². The highest BCUT2D eigenvalue weighted by Crippen LogP contribution is 2.18. The highest BCUT2D eigenvalue weighted by atomic mass is 35.5. The number of hydrogen-bond acceptors (Lipinski definition) is 5. The van der Waals surface area contributed by atoms with E-state index in [9.17, 15) is 5.11 Å². The third-order valence-corrected chi connectivity index (χ3v) is 3.22. The molecule has 0 amide bonds. The molecule has 118 valence electrons. The van der Waals surface area contributed by atoms with Gasteiger partial charge in [-0.25, -0.2) is 4.98 Å². The van der Waals surface area contributed by atoms with E-state index in [2.05, 4.69) is 27.2 Å². The summed E-state index contributed by atoms with van der Waals surface area (Å²) >= 11 is 5.92. The van der Waals surface area contributed by atoms with Crippen molar-refractivity contribution in [3.05, 3.63) is 40.4 Å². The summed E-state index contributed by atoms with van der Waals surface area (Å²) in [6.07, 6.45) is 3.48. The quantitative estimate of drug-likeness (QED) is 0.661. The minimum absolute atomic E-state index is 0.283. The lowest BCUT2D eigenvalue weighted by molar-refractivity contribution is 0.189. The number of nitriles is 1. The molecule has 23 heavy (non-hydrogen) atoms. The first-order chi connectivity index (χ1) is 11.0. The van der Waals surface area contributed by atoms with Crippen molar-refractivity contribution >= 4 is 17.3 Å². The molecule has 1 atom stereocenters. The second-order valence-corrected chi connectivity index (χ2v) is 5.43. The van der Waals surface area contributed by atoms with Crippen LogP contribution in [0.4, 0.5) is 5.69 Å². The smallest absolute Gasteiger partial charge is 0.178 e. The molecule has 0 bridgehead atoms. The van der Waals surface area contributed by atoms with Crippen LogP contribution in [-0.4, -0.2) is 32.5 Å². The normalized spacial score (nSPS) is 11.3. The monoisotopic (exact) mass is 329 g/mol. The van der Waals surface area contributed by atoms with Gasteiger partial charge in [-0.05, 0) is 19.4 Å². The van der Waals surface area contributed by atoms with E-state index in [1.54, 1.807) is 37.1 Å². The Morgan fingerprint density at radius 3 is 2.87 bits per heavy atom. The van der Waals surface area contributed by atoms with E-state index in [0.717, 1.165) is 5.69 Å². The fourth-order valence-corrected chi connectivity index (χ4v) is 2.05. The van der Waals surface area contributed by atoms with Crippen LogP contribution in [0.1, 0.15) is 30.2 Å². The second kappa shape index (κ2) is 7.64. The zero-order valence-corrected chi connectivity index (χ0v) is 13.6. The predicted octanol–water partition coefficient (Wildman–Crippen LogP) is 1.92. The molecule has 0 fully saturated rings. The van der Waals surface area contributed by atoms with Gasteiger partial charge in [0.05, 0.1) is 22.9 Å². The average Bonchev–Trinajstić information content (AvgIpc) is 2.86. The van der Waals surface area contributed by atoms with Crippen molar-refractivity contribution < 1.29 is 5.11 Å². The molecule has 6 nitrogen and oxygen atoms in total. The van der Waals surface area contributed by atoms with Gasteiger partial charge in [-0.1, -0.05) is 23.4 Å². The lowest BCUT2D eigenvalue weighted by Gasteiger charge is -2.09. The maximum atomic E-state index is 9.32. The van der Waals surface area contributed by atoms with E-state index >= 15 is 0 Å². The third kappa shape index (κ3) is 4.72. The van der Waals surface area contributed by atoms with Gasteiger partial charge in [-0.3, -0.25) is 4.68 Å². The lowest BCUT2D eigenvalue weighted by atomic mass is 10.2. The van der Waals surface area contributed by atoms with Gasteiger partial charge in [-0.2, -0.15) is 10.4 Å². The van der Waals surface area contributed by atoms with Crippen molar-refractivity contribution in [1.82, 2.24) is 14.8 Å². The molecule has 0 aliphatic heterocycles. The van der Waals surface area contributed by atoms with Crippen LogP contribution in [0, 0.1) is 23.2 Å². The highest BCUT2D eigenvalue weighted by Gasteiger charge is 2.06. The van der Waals surface area contributed by atoms with Gasteiger partial charge >= 0.3 is 0 Å². The number of pyridine rings is 1. The first-order valence-electron chi connectivity index (χ1n) is 7.03. The number of aliphatic hydroxyl groups is 1. The van der Waals surface area contributed by atoms with Gasteiger partial charge in [0.1, 0.15) is 11.2 Å². The Hall–Kier alpha value is -2.54. The van der Waals surface area contributed by atoms with Crippen LogP contribution in [0.5, 0.6) is 0 Å². The van der Waals surface area contributed by atoms with E-state index in [-0.39, 0.29) is 11.8 Å². The number of aliphatic hydroxyl groups excluding tert-OH is 1. The SMILES string of the molecule is C[C@H](O)CCNc1cc(Cl)ncc1C#Cc1cn(C)nc1C#N. The van der Waals surface area contributed by atoms with Crippen LogP contribution >= 0.6 is 11.6 Å². The summed E-state index contributed by atoms with van der Waals surface area (Å²) in [5, 5.41) is 25.9. The van der Waals surface area contributed by atoms with Gasteiger partial charge in [-0.15, -0.1) is 0 Å². The average molecular weight is 330 g/mol. The Labute approximate surface area is 139 Å². The first-order valence-corrected chi connectivity index (χ1v) is 7.40. The predicted molar refractivity (Wildman–Crippen MR) is 87.9 cm³/mol. The summed E-state index contributed by atoms with van der Waals surface area (Å²) in [6.45, 7) is 2.32. The Morgan fingerprint density at radius 1 is 1.43 bits per heavy atom. The van der Waals surface area contributed by atoms with Gasteiger partial charge in [0, 0.05) is 26.0 Å². The number of anilines is 1. The molecule has 0 saturated carbocycles. The number of nitrogens with one attached hydrogen (secondary N) is 1. The number of halogens is 1. The van der Waals surface area contributed by atoms with Crippen molar-refractivity contribution in [2.75, 3.05) is 11.9 Å². The molecule has 2 aromatic heterocycles. The zero-order valence-electron chi connectivity index (χ0n) is 12.8. The molecule has 2 heterocycles. The van der Waals surface area contributed by atoms with Crippen LogP contribution in [0.2, 0.25) is 5.15 Å². The van der Waals surface area contributed by atoms with E-state index in [1.807, 2.05) is 6.07 Å². The highest BCUT2D eigenvalue weighted by molar-refractivity contribution is 6.29. The zero-order chi connectivity index (χ0) is 16.8. The largest absolute Gasteiger partial charge is 0.393 e. The fourth-order valence-electron chi connectivity index (χ4n) is 1.89. The van der Waals surface area contributed by atoms with Crippen LogP contribution in [0.3, 0.4) is 0 Å². The van der Waals surface area contributed by atoms with E-state index < -0.39 is 0 Å². The molecule has 0 aliphatic rings. The molecule has 0 unspecified atom stereocenters. The summed E-state index contributed by atoms with van der Waals surface area (Å²) in [5.74, 6) is 5.91. The van der Waals surface area contributed by atoms with Gasteiger partial charge in [0.25, 0.3) is 0 Å². The maximum absolute atomic E-state index is 9.32. The summed E-state index contributed by atoms with van der Waals surface area (Å²) in [6, 6.07) is 3.69.